The SMILES string of the molecule is Nc1ccc(S(=O)(=O)Nc2ccc(Br)cc2F)c(F)c1. The van der Waals surface area contributed by atoms with E-state index in [-0.39, 0.29) is 11.4 Å². The van der Waals surface area contributed by atoms with Gasteiger partial charge in [0.15, 0.2) is 0 Å². The average molecular weight is 363 g/mol. The molecule has 0 spiro atoms. The Morgan fingerprint density at radius 3 is 2.35 bits per heavy atom. The first-order valence-electron chi connectivity index (χ1n) is 5.32. The maximum Gasteiger partial charge on any atom is 0.264 e. The van der Waals surface area contributed by atoms with Crippen molar-refractivity contribution in [2.24, 2.45) is 0 Å². The quantitative estimate of drug-likeness (QED) is 0.824. The van der Waals surface area contributed by atoms with Gasteiger partial charge in [-0.15, -0.1) is 0 Å². The Balaban J connectivity index is 2.41. The van der Waals surface area contributed by atoms with Crippen LogP contribution in [-0.2, 0) is 10.0 Å². The fraction of sp³-hybridized carbons (Fsp3) is 0. The second-order valence-corrected chi connectivity index (χ2v) is 6.49. The van der Waals surface area contributed by atoms with E-state index >= 15 is 0 Å². The average Bonchev–Trinajstić information content (AvgIpc) is 2.32. The first kappa shape index (κ1) is 14.7. The van der Waals surface area contributed by atoms with Crippen molar-refractivity contribution in [1.82, 2.24) is 0 Å². The number of halogens is 3. The van der Waals surface area contributed by atoms with Gasteiger partial charge in [-0.1, -0.05) is 15.9 Å². The highest BCUT2D eigenvalue weighted by molar-refractivity contribution is 9.10. The van der Waals surface area contributed by atoms with Crippen molar-refractivity contribution in [3.05, 3.63) is 52.5 Å². The minimum absolute atomic E-state index is 0.0938. The van der Waals surface area contributed by atoms with Crippen LogP contribution >= 0.6 is 15.9 Å². The van der Waals surface area contributed by atoms with E-state index in [0.717, 1.165) is 18.2 Å². The first-order chi connectivity index (χ1) is 9.29. The predicted octanol–water partition coefficient (Wildman–Crippen LogP) is 3.11. The lowest BCUT2D eigenvalue weighted by Crippen LogP contribution is -2.15. The van der Waals surface area contributed by atoms with Gasteiger partial charge in [-0.2, -0.15) is 0 Å². The lowest BCUT2D eigenvalue weighted by molar-refractivity contribution is 0.570. The largest absolute Gasteiger partial charge is 0.399 e. The Labute approximate surface area is 122 Å². The monoisotopic (exact) mass is 362 g/mol. The summed E-state index contributed by atoms with van der Waals surface area (Å²) in [4.78, 5) is -0.603. The molecular formula is C12H9BrF2N2O2S. The normalized spacial score (nSPS) is 11.3. The number of benzene rings is 2. The summed E-state index contributed by atoms with van der Waals surface area (Å²) in [5.41, 5.74) is 5.16. The first-order valence-corrected chi connectivity index (χ1v) is 7.60. The van der Waals surface area contributed by atoms with Crippen molar-refractivity contribution in [3.63, 3.8) is 0 Å². The molecule has 0 aliphatic heterocycles. The lowest BCUT2D eigenvalue weighted by atomic mass is 10.3. The third kappa shape index (κ3) is 3.07. The highest BCUT2D eigenvalue weighted by Crippen LogP contribution is 2.24. The number of nitrogens with one attached hydrogen (secondary N) is 1. The van der Waals surface area contributed by atoms with Crippen molar-refractivity contribution < 1.29 is 17.2 Å². The molecule has 2 rings (SSSR count). The number of nitrogen functional groups attached to an aromatic ring is 1. The maximum atomic E-state index is 13.6. The Kier molecular flexibility index (Phi) is 3.96. The molecule has 8 heteroatoms. The zero-order chi connectivity index (χ0) is 14.9. The second kappa shape index (κ2) is 5.37. The predicted molar refractivity (Wildman–Crippen MR) is 75.7 cm³/mol. The van der Waals surface area contributed by atoms with Gasteiger partial charge in [-0.25, -0.2) is 17.2 Å². The minimum Gasteiger partial charge on any atom is -0.399 e. The Hall–Kier alpha value is -1.67. The molecule has 0 aliphatic carbocycles. The van der Waals surface area contributed by atoms with Gasteiger partial charge in [0.05, 0.1) is 5.69 Å². The van der Waals surface area contributed by atoms with Gasteiger partial charge in [-0.05, 0) is 36.4 Å². The maximum absolute atomic E-state index is 13.6. The van der Waals surface area contributed by atoms with Crippen molar-refractivity contribution in [2.75, 3.05) is 10.5 Å². The molecule has 0 saturated heterocycles. The molecule has 0 heterocycles. The van der Waals surface area contributed by atoms with Crippen LogP contribution in [0.4, 0.5) is 20.2 Å². The summed E-state index contributed by atoms with van der Waals surface area (Å²) in [5, 5.41) is 0. The summed E-state index contributed by atoms with van der Waals surface area (Å²) in [6, 6.07) is 6.93. The van der Waals surface area contributed by atoms with Crippen LogP contribution in [0.1, 0.15) is 0 Å². The van der Waals surface area contributed by atoms with Gasteiger partial charge >= 0.3 is 0 Å². The van der Waals surface area contributed by atoms with Crippen LogP contribution in [0.2, 0.25) is 0 Å². The summed E-state index contributed by atoms with van der Waals surface area (Å²) in [6.07, 6.45) is 0. The zero-order valence-electron chi connectivity index (χ0n) is 9.90. The number of nitrogens with two attached hydrogens (primary N) is 1. The summed E-state index contributed by atoms with van der Waals surface area (Å²) < 4.78 is 53.6. The molecule has 2 aromatic carbocycles. The molecule has 3 N–H and O–H groups in total. The molecule has 0 aromatic heterocycles. The molecule has 0 unspecified atom stereocenters. The molecule has 0 fully saturated rings. The Morgan fingerprint density at radius 2 is 1.75 bits per heavy atom. The molecule has 0 atom stereocenters. The second-order valence-electron chi connectivity index (χ2n) is 3.92. The van der Waals surface area contributed by atoms with Crippen LogP contribution in [0.15, 0.2) is 45.8 Å². The van der Waals surface area contributed by atoms with Crippen molar-refractivity contribution >= 4 is 37.3 Å². The highest BCUT2D eigenvalue weighted by Gasteiger charge is 2.20. The molecule has 4 nitrogen and oxygen atoms in total. The third-order valence-electron chi connectivity index (χ3n) is 2.42. The van der Waals surface area contributed by atoms with Crippen LogP contribution in [0, 0.1) is 11.6 Å². The van der Waals surface area contributed by atoms with Gasteiger partial charge < -0.3 is 5.73 Å². The van der Waals surface area contributed by atoms with E-state index in [0.29, 0.717) is 4.47 Å². The van der Waals surface area contributed by atoms with Gasteiger partial charge in [0.25, 0.3) is 10.0 Å². The molecule has 0 amide bonds. The molecule has 0 radical (unpaired) electrons. The van der Waals surface area contributed by atoms with Gasteiger partial charge in [0.2, 0.25) is 0 Å². The molecule has 0 saturated carbocycles. The van der Waals surface area contributed by atoms with E-state index in [1.54, 1.807) is 0 Å². The standard InChI is InChI=1S/C12H9BrF2N2O2S/c13-7-1-3-11(9(14)5-7)17-20(18,19)12-4-2-8(16)6-10(12)15/h1-6,17H,16H2. The molecule has 0 bridgehead atoms. The van der Waals surface area contributed by atoms with Gasteiger partial charge in [0.1, 0.15) is 16.5 Å². The van der Waals surface area contributed by atoms with Crippen LogP contribution in [-0.4, -0.2) is 8.42 Å². The number of hydrogen-bond acceptors (Lipinski definition) is 3. The van der Waals surface area contributed by atoms with Gasteiger partial charge in [0, 0.05) is 10.2 Å². The number of rotatable bonds is 3. The van der Waals surface area contributed by atoms with E-state index < -0.39 is 26.6 Å². The van der Waals surface area contributed by atoms with Crippen LogP contribution in [0.3, 0.4) is 0 Å². The zero-order valence-corrected chi connectivity index (χ0v) is 12.3. The number of anilines is 2. The van der Waals surface area contributed by atoms with E-state index in [1.165, 1.54) is 18.2 Å². The smallest absolute Gasteiger partial charge is 0.264 e. The summed E-state index contributed by atoms with van der Waals surface area (Å²) >= 11 is 3.05. The fourth-order valence-corrected chi connectivity index (χ4v) is 2.97. The van der Waals surface area contributed by atoms with Crippen molar-refractivity contribution in [3.8, 4) is 0 Å². The molecule has 20 heavy (non-hydrogen) atoms. The summed E-state index contributed by atoms with van der Waals surface area (Å²) in [5.74, 6) is -1.78. The Bertz CT molecular complexity index is 766. The summed E-state index contributed by atoms with van der Waals surface area (Å²) in [7, 11) is -4.23. The van der Waals surface area contributed by atoms with Crippen LogP contribution in [0.25, 0.3) is 0 Å². The number of hydrogen-bond donors (Lipinski definition) is 2. The topological polar surface area (TPSA) is 72.2 Å². The molecule has 106 valence electrons. The third-order valence-corrected chi connectivity index (χ3v) is 4.31. The molecular weight excluding hydrogens is 354 g/mol. The van der Waals surface area contributed by atoms with Crippen LogP contribution < -0.4 is 10.5 Å². The van der Waals surface area contributed by atoms with Crippen molar-refractivity contribution in [2.45, 2.75) is 4.90 Å². The Morgan fingerprint density at radius 1 is 1.05 bits per heavy atom. The number of sulfonamides is 1. The fourth-order valence-electron chi connectivity index (χ4n) is 1.51. The summed E-state index contributed by atoms with van der Waals surface area (Å²) in [6.45, 7) is 0. The van der Waals surface area contributed by atoms with Crippen molar-refractivity contribution in [1.29, 1.82) is 0 Å². The van der Waals surface area contributed by atoms with E-state index in [4.69, 9.17) is 5.73 Å². The lowest BCUT2D eigenvalue weighted by Gasteiger charge is -2.10. The van der Waals surface area contributed by atoms with E-state index in [1.807, 2.05) is 4.72 Å². The highest BCUT2D eigenvalue weighted by atomic mass is 79.9. The van der Waals surface area contributed by atoms with E-state index in [9.17, 15) is 17.2 Å². The van der Waals surface area contributed by atoms with Gasteiger partial charge in [-0.3, -0.25) is 4.72 Å². The minimum atomic E-state index is -4.23. The van der Waals surface area contributed by atoms with E-state index in [2.05, 4.69) is 15.9 Å². The molecule has 0 aliphatic rings. The molecule has 2 aromatic rings. The van der Waals surface area contributed by atoms with Crippen LogP contribution in [0.5, 0.6) is 0 Å².